The lowest BCUT2D eigenvalue weighted by molar-refractivity contribution is 0.181. The van der Waals surface area contributed by atoms with Crippen LogP contribution in [-0.4, -0.2) is 52.6 Å². The fourth-order valence-electron chi connectivity index (χ4n) is 3.18. The molecular formula is C16H27N5O2. The number of hydrogen-bond donors (Lipinski definition) is 0. The van der Waals surface area contributed by atoms with Crippen LogP contribution in [0.25, 0.3) is 0 Å². The lowest BCUT2D eigenvalue weighted by Gasteiger charge is -2.31. The predicted molar refractivity (Wildman–Crippen MR) is 87.3 cm³/mol. The van der Waals surface area contributed by atoms with E-state index in [-0.39, 0.29) is 5.69 Å². The van der Waals surface area contributed by atoms with Crippen molar-refractivity contribution >= 4 is 0 Å². The van der Waals surface area contributed by atoms with Gasteiger partial charge in [0.1, 0.15) is 5.82 Å². The first-order valence-corrected chi connectivity index (χ1v) is 8.47. The Labute approximate surface area is 137 Å². The van der Waals surface area contributed by atoms with Gasteiger partial charge in [0.05, 0.1) is 19.2 Å². The quantitative estimate of drug-likeness (QED) is 0.672. The topological polar surface area (TPSA) is 76.1 Å². The van der Waals surface area contributed by atoms with Crippen LogP contribution in [0.15, 0.2) is 4.79 Å². The van der Waals surface area contributed by atoms with E-state index in [1.807, 2.05) is 6.92 Å². The normalized spacial score (nSPS) is 16.6. The molecule has 2 rings (SSSR count). The van der Waals surface area contributed by atoms with Gasteiger partial charge in [0.15, 0.2) is 0 Å². The molecule has 1 aliphatic rings. The highest BCUT2D eigenvalue weighted by atomic mass is 16.5. The van der Waals surface area contributed by atoms with E-state index >= 15 is 0 Å². The third-order valence-electron chi connectivity index (χ3n) is 4.49. The first-order valence-electron chi connectivity index (χ1n) is 8.47. The first-order chi connectivity index (χ1) is 11.2. The molecule has 0 saturated carbocycles. The number of ether oxygens (including phenoxy) is 1. The largest absolute Gasteiger partial charge is 0.383 e. The van der Waals surface area contributed by atoms with Crippen molar-refractivity contribution in [3.05, 3.63) is 16.3 Å². The van der Waals surface area contributed by atoms with E-state index in [1.54, 1.807) is 11.7 Å². The Bertz CT molecular complexity index is 578. The van der Waals surface area contributed by atoms with Gasteiger partial charge in [-0.1, -0.05) is 0 Å². The van der Waals surface area contributed by atoms with Gasteiger partial charge in [-0.3, -0.25) is 4.57 Å². The molecule has 7 nitrogen and oxygen atoms in total. The van der Waals surface area contributed by atoms with Crippen molar-refractivity contribution in [1.82, 2.24) is 19.2 Å². The molecule has 2 heterocycles. The number of aromatic nitrogens is 3. The molecule has 23 heavy (non-hydrogen) atoms. The zero-order valence-corrected chi connectivity index (χ0v) is 14.2. The summed E-state index contributed by atoms with van der Waals surface area (Å²) in [4.78, 5) is 14.8. The Morgan fingerprint density at radius 2 is 2.09 bits per heavy atom. The van der Waals surface area contributed by atoms with Crippen molar-refractivity contribution in [3.63, 3.8) is 0 Å². The summed E-state index contributed by atoms with van der Waals surface area (Å²) >= 11 is 0. The van der Waals surface area contributed by atoms with Gasteiger partial charge in [-0.15, -0.1) is 0 Å². The minimum Gasteiger partial charge on any atom is -0.383 e. The molecule has 1 saturated heterocycles. The van der Waals surface area contributed by atoms with E-state index in [9.17, 15) is 4.79 Å². The summed E-state index contributed by atoms with van der Waals surface area (Å²) in [5.74, 6) is 1.27. The zero-order chi connectivity index (χ0) is 16.7. The third kappa shape index (κ3) is 4.43. The smallest absolute Gasteiger partial charge is 0.345 e. The second-order valence-electron chi connectivity index (χ2n) is 5.98. The number of methoxy groups -OCH3 is 1. The third-order valence-corrected chi connectivity index (χ3v) is 4.49. The van der Waals surface area contributed by atoms with Gasteiger partial charge in [0, 0.05) is 26.0 Å². The predicted octanol–water partition coefficient (Wildman–Crippen LogP) is 1.19. The molecule has 0 radical (unpaired) electrons. The van der Waals surface area contributed by atoms with Crippen molar-refractivity contribution in [2.75, 3.05) is 33.4 Å². The van der Waals surface area contributed by atoms with Crippen molar-refractivity contribution in [1.29, 1.82) is 5.26 Å². The van der Waals surface area contributed by atoms with E-state index in [1.165, 1.54) is 4.68 Å². The summed E-state index contributed by atoms with van der Waals surface area (Å²) in [7, 11) is 1.63. The lowest BCUT2D eigenvalue weighted by atomic mass is 9.95. The second-order valence-corrected chi connectivity index (χ2v) is 5.98. The van der Waals surface area contributed by atoms with Crippen molar-refractivity contribution in [2.45, 2.75) is 51.6 Å². The molecule has 1 aliphatic heterocycles. The van der Waals surface area contributed by atoms with Crippen LogP contribution in [0.2, 0.25) is 0 Å². The fraction of sp³-hybridized carbons (Fsp3) is 0.812. The number of rotatable bonds is 8. The minimum absolute atomic E-state index is 0.0315. The molecule has 0 unspecified atom stereocenters. The van der Waals surface area contributed by atoms with Crippen LogP contribution in [-0.2, 0) is 17.8 Å². The number of nitrogens with zero attached hydrogens (tertiary/aromatic N) is 5. The summed E-state index contributed by atoms with van der Waals surface area (Å²) in [6.07, 6.45) is 3.60. The number of likely N-dealkylation sites (tertiary alicyclic amines) is 1. The summed E-state index contributed by atoms with van der Waals surface area (Å²) in [5.41, 5.74) is -0.0315. The average Bonchev–Trinajstić information content (AvgIpc) is 2.89. The van der Waals surface area contributed by atoms with Crippen molar-refractivity contribution < 1.29 is 4.74 Å². The zero-order valence-electron chi connectivity index (χ0n) is 14.2. The molecule has 0 bridgehead atoms. The molecule has 1 aromatic rings. The van der Waals surface area contributed by atoms with Gasteiger partial charge in [0.2, 0.25) is 0 Å². The van der Waals surface area contributed by atoms with Crippen LogP contribution in [0, 0.1) is 11.3 Å². The average molecular weight is 321 g/mol. The van der Waals surface area contributed by atoms with Crippen LogP contribution < -0.4 is 5.69 Å². The summed E-state index contributed by atoms with van der Waals surface area (Å²) in [6.45, 7) is 6.66. The Hall–Kier alpha value is -1.65. The molecule has 7 heteroatoms. The molecule has 1 aromatic heterocycles. The maximum Gasteiger partial charge on any atom is 0.345 e. The van der Waals surface area contributed by atoms with Gasteiger partial charge in [-0.05, 0) is 45.8 Å². The van der Waals surface area contributed by atoms with Crippen LogP contribution in [0.5, 0.6) is 0 Å². The Balaban J connectivity index is 2.00. The number of unbranched alkanes of at least 4 members (excludes halogenated alkanes) is 1. The number of hydrogen-bond acceptors (Lipinski definition) is 5. The summed E-state index contributed by atoms with van der Waals surface area (Å²) in [6, 6.07) is 2.19. The van der Waals surface area contributed by atoms with E-state index in [0.29, 0.717) is 32.0 Å². The van der Waals surface area contributed by atoms with Crippen LogP contribution in [0.3, 0.4) is 0 Å². The maximum atomic E-state index is 12.4. The van der Waals surface area contributed by atoms with Gasteiger partial charge in [0.25, 0.3) is 0 Å². The fourth-order valence-corrected chi connectivity index (χ4v) is 3.18. The number of piperidine rings is 1. The van der Waals surface area contributed by atoms with Crippen LogP contribution in [0.4, 0.5) is 0 Å². The lowest BCUT2D eigenvalue weighted by Crippen LogP contribution is -2.34. The molecule has 0 aromatic carbocycles. The van der Waals surface area contributed by atoms with Crippen molar-refractivity contribution in [2.24, 2.45) is 0 Å². The monoisotopic (exact) mass is 321 g/mol. The minimum atomic E-state index is -0.0315. The van der Waals surface area contributed by atoms with E-state index in [4.69, 9.17) is 10.00 Å². The molecule has 0 atom stereocenters. The first kappa shape index (κ1) is 17.7. The molecule has 0 N–H and O–H groups in total. The second kappa shape index (κ2) is 8.85. The Kier molecular flexibility index (Phi) is 6.81. The van der Waals surface area contributed by atoms with Crippen molar-refractivity contribution in [3.8, 4) is 6.07 Å². The number of nitriles is 1. The van der Waals surface area contributed by atoms with Crippen LogP contribution >= 0.6 is 0 Å². The summed E-state index contributed by atoms with van der Waals surface area (Å²) in [5, 5.41) is 13.2. The highest BCUT2D eigenvalue weighted by molar-refractivity contribution is 5.00. The van der Waals surface area contributed by atoms with E-state index in [2.05, 4.69) is 16.1 Å². The Morgan fingerprint density at radius 1 is 1.35 bits per heavy atom. The van der Waals surface area contributed by atoms with Gasteiger partial charge >= 0.3 is 5.69 Å². The molecule has 0 spiro atoms. The standard InChI is InChI=1S/C16H27N5O2/c1-3-20-15(18-21(16(20)22)12-13-23-2)14-6-10-19(11-7-14)9-5-4-8-17/h14H,3-7,9-13H2,1-2H3. The Morgan fingerprint density at radius 3 is 2.70 bits per heavy atom. The van der Waals surface area contributed by atoms with Crippen LogP contribution in [0.1, 0.15) is 44.3 Å². The molecule has 1 fully saturated rings. The molecule has 0 aliphatic carbocycles. The van der Waals surface area contributed by atoms with E-state index in [0.717, 1.165) is 44.7 Å². The van der Waals surface area contributed by atoms with Gasteiger partial charge in [-0.25, -0.2) is 9.48 Å². The van der Waals surface area contributed by atoms with Gasteiger partial charge in [-0.2, -0.15) is 10.4 Å². The molecular weight excluding hydrogens is 294 g/mol. The SMILES string of the molecule is CCn1c(C2CCN(CCCC#N)CC2)nn(CCOC)c1=O. The molecule has 0 amide bonds. The maximum absolute atomic E-state index is 12.4. The highest BCUT2D eigenvalue weighted by Crippen LogP contribution is 2.26. The molecule has 128 valence electrons. The van der Waals surface area contributed by atoms with E-state index < -0.39 is 0 Å². The summed E-state index contributed by atoms with van der Waals surface area (Å²) < 4.78 is 8.38. The van der Waals surface area contributed by atoms with Gasteiger partial charge < -0.3 is 9.64 Å². The highest BCUT2D eigenvalue weighted by Gasteiger charge is 2.26.